The molecule has 0 aliphatic rings. The van der Waals surface area contributed by atoms with Crippen molar-refractivity contribution in [1.82, 2.24) is 20.2 Å². The normalized spacial score (nSPS) is 10.5. The minimum atomic E-state index is -0.181. The molecule has 0 fully saturated rings. The van der Waals surface area contributed by atoms with Crippen LogP contribution in [0.4, 0.5) is 0 Å². The van der Waals surface area contributed by atoms with Crippen LogP contribution in [0.1, 0.15) is 10.4 Å². The van der Waals surface area contributed by atoms with Gasteiger partial charge in [0.2, 0.25) is 5.82 Å². The SMILES string of the molecule is COc1ccc(C(=O)Cn2nnc(-c3ccc(Br)cc3)n2)c(OC)c1. The molecule has 7 nitrogen and oxygen atoms in total. The summed E-state index contributed by atoms with van der Waals surface area (Å²) >= 11 is 3.38. The molecule has 2 aromatic carbocycles. The first-order chi connectivity index (χ1) is 12.1. The fraction of sp³-hybridized carbons (Fsp3) is 0.176. The lowest BCUT2D eigenvalue weighted by Gasteiger charge is -2.09. The number of methoxy groups -OCH3 is 2. The summed E-state index contributed by atoms with van der Waals surface area (Å²) < 4.78 is 11.4. The Hall–Kier alpha value is -2.74. The van der Waals surface area contributed by atoms with E-state index in [-0.39, 0.29) is 12.3 Å². The Balaban J connectivity index is 1.79. The van der Waals surface area contributed by atoms with Crippen LogP contribution in [-0.2, 0) is 6.54 Å². The van der Waals surface area contributed by atoms with Gasteiger partial charge in [-0.15, -0.1) is 10.2 Å². The highest BCUT2D eigenvalue weighted by molar-refractivity contribution is 9.10. The zero-order valence-corrected chi connectivity index (χ0v) is 15.2. The standard InChI is InChI=1S/C17H15BrN4O3/c1-24-13-7-8-14(16(9-13)25-2)15(23)10-22-20-17(19-21-22)11-3-5-12(18)6-4-11/h3-9H,10H2,1-2H3. The predicted octanol–water partition coefficient (Wildman–Crippen LogP) is 3.00. The first-order valence-corrected chi connectivity index (χ1v) is 8.19. The Kier molecular flexibility index (Phi) is 5.08. The lowest BCUT2D eigenvalue weighted by molar-refractivity contribution is 0.0958. The molecular formula is C17H15BrN4O3. The smallest absolute Gasteiger partial charge is 0.204 e. The highest BCUT2D eigenvalue weighted by Crippen LogP contribution is 2.25. The van der Waals surface area contributed by atoms with Crippen molar-refractivity contribution in [2.75, 3.05) is 14.2 Å². The second-order valence-electron chi connectivity index (χ2n) is 5.14. The molecule has 0 saturated carbocycles. The summed E-state index contributed by atoms with van der Waals surface area (Å²) in [5.74, 6) is 1.34. The van der Waals surface area contributed by atoms with Crippen LogP contribution in [0.3, 0.4) is 0 Å². The van der Waals surface area contributed by atoms with E-state index in [1.807, 2.05) is 24.3 Å². The molecule has 128 valence electrons. The molecule has 0 radical (unpaired) electrons. The zero-order valence-electron chi connectivity index (χ0n) is 13.6. The molecule has 1 heterocycles. The predicted molar refractivity (Wildman–Crippen MR) is 94.8 cm³/mol. The number of aromatic nitrogens is 4. The Morgan fingerprint density at radius 1 is 1.12 bits per heavy atom. The van der Waals surface area contributed by atoms with Gasteiger partial charge in [-0.2, -0.15) is 4.80 Å². The van der Waals surface area contributed by atoms with Gasteiger partial charge in [-0.3, -0.25) is 4.79 Å². The summed E-state index contributed by atoms with van der Waals surface area (Å²) in [6.45, 7) is -0.0355. The highest BCUT2D eigenvalue weighted by Gasteiger charge is 2.16. The average Bonchev–Trinajstić information content (AvgIpc) is 3.10. The number of hydrogen-bond donors (Lipinski definition) is 0. The molecule has 8 heteroatoms. The van der Waals surface area contributed by atoms with Gasteiger partial charge in [-0.1, -0.05) is 15.9 Å². The first-order valence-electron chi connectivity index (χ1n) is 7.39. The van der Waals surface area contributed by atoms with Gasteiger partial charge in [0.05, 0.1) is 19.8 Å². The van der Waals surface area contributed by atoms with Crippen LogP contribution in [0.2, 0.25) is 0 Å². The van der Waals surface area contributed by atoms with Crippen LogP contribution < -0.4 is 9.47 Å². The van der Waals surface area contributed by atoms with Gasteiger partial charge in [-0.05, 0) is 41.6 Å². The number of ether oxygens (including phenoxy) is 2. The number of benzene rings is 2. The number of ketones is 1. The molecule has 0 atom stereocenters. The van der Waals surface area contributed by atoms with Crippen LogP contribution in [0.5, 0.6) is 11.5 Å². The summed E-state index contributed by atoms with van der Waals surface area (Å²) in [6, 6.07) is 12.6. The van der Waals surface area contributed by atoms with Gasteiger partial charge in [-0.25, -0.2) is 0 Å². The maximum Gasteiger partial charge on any atom is 0.204 e. The molecule has 25 heavy (non-hydrogen) atoms. The van der Waals surface area contributed by atoms with E-state index in [0.29, 0.717) is 22.9 Å². The maximum atomic E-state index is 12.5. The third-order valence-corrected chi connectivity index (χ3v) is 4.08. The first kappa shape index (κ1) is 17.1. The van der Waals surface area contributed by atoms with Crippen LogP contribution >= 0.6 is 15.9 Å². The van der Waals surface area contributed by atoms with E-state index in [0.717, 1.165) is 10.0 Å². The number of nitrogens with zero attached hydrogens (tertiary/aromatic N) is 4. The molecule has 0 unspecified atom stereocenters. The summed E-state index contributed by atoms with van der Waals surface area (Å²) in [6.07, 6.45) is 0. The number of tetrazole rings is 1. The fourth-order valence-electron chi connectivity index (χ4n) is 2.27. The number of halogens is 1. The van der Waals surface area contributed by atoms with E-state index < -0.39 is 0 Å². The van der Waals surface area contributed by atoms with Gasteiger partial charge in [0.15, 0.2) is 5.78 Å². The van der Waals surface area contributed by atoms with Crippen molar-refractivity contribution in [3.05, 3.63) is 52.5 Å². The van der Waals surface area contributed by atoms with Crippen LogP contribution in [0.25, 0.3) is 11.4 Å². The van der Waals surface area contributed by atoms with Gasteiger partial charge in [0.1, 0.15) is 18.0 Å². The van der Waals surface area contributed by atoms with Crippen LogP contribution in [0, 0.1) is 0 Å². The summed E-state index contributed by atoms with van der Waals surface area (Å²) in [7, 11) is 3.06. The van der Waals surface area contributed by atoms with E-state index in [4.69, 9.17) is 9.47 Å². The number of rotatable bonds is 6. The molecule has 0 spiro atoms. The van der Waals surface area contributed by atoms with Crippen molar-refractivity contribution in [1.29, 1.82) is 0 Å². The van der Waals surface area contributed by atoms with Crippen molar-refractivity contribution in [2.24, 2.45) is 0 Å². The van der Waals surface area contributed by atoms with Gasteiger partial charge < -0.3 is 9.47 Å². The van der Waals surface area contributed by atoms with E-state index in [1.165, 1.54) is 11.9 Å². The topological polar surface area (TPSA) is 79.1 Å². The van der Waals surface area contributed by atoms with Crippen LogP contribution in [-0.4, -0.2) is 40.2 Å². The molecule has 0 aliphatic heterocycles. The Bertz CT molecular complexity index is 893. The summed E-state index contributed by atoms with van der Waals surface area (Å²) in [5.41, 5.74) is 1.26. The Morgan fingerprint density at radius 3 is 2.56 bits per heavy atom. The maximum absolute atomic E-state index is 12.5. The van der Waals surface area contributed by atoms with Crippen molar-refractivity contribution in [2.45, 2.75) is 6.54 Å². The van der Waals surface area contributed by atoms with E-state index in [1.54, 1.807) is 25.3 Å². The van der Waals surface area contributed by atoms with Gasteiger partial charge in [0.25, 0.3) is 0 Å². The molecule has 0 saturated heterocycles. The average molecular weight is 403 g/mol. The lowest BCUT2D eigenvalue weighted by Crippen LogP contribution is -2.14. The zero-order chi connectivity index (χ0) is 17.8. The molecule has 3 rings (SSSR count). The number of hydrogen-bond acceptors (Lipinski definition) is 6. The Morgan fingerprint density at radius 2 is 1.88 bits per heavy atom. The van der Waals surface area contributed by atoms with E-state index in [9.17, 15) is 4.79 Å². The summed E-state index contributed by atoms with van der Waals surface area (Å²) in [4.78, 5) is 13.8. The van der Waals surface area contributed by atoms with Crippen molar-refractivity contribution in [3.63, 3.8) is 0 Å². The second kappa shape index (κ2) is 7.43. The van der Waals surface area contributed by atoms with Gasteiger partial charge >= 0.3 is 0 Å². The lowest BCUT2D eigenvalue weighted by atomic mass is 10.1. The Labute approximate surface area is 152 Å². The largest absolute Gasteiger partial charge is 0.497 e. The summed E-state index contributed by atoms with van der Waals surface area (Å²) in [5, 5.41) is 12.2. The van der Waals surface area contributed by atoms with Crippen LogP contribution in [0.15, 0.2) is 46.9 Å². The monoisotopic (exact) mass is 402 g/mol. The molecule has 0 N–H and O–H groups in total. The highest BCUT2D eigenvalue weighted by atomic mass is 79.9. The van der Waals surface area contributed by atoms with Crippen molar-refractivity contribution < 1.29 is 14.3 Å². The number of carbonyl (C=O) groups excluding carboxylic acids is 1. The number of Topliss-reactive ketones (excluding diaryl/α,β-unsaturated/α-hetero) is 1. The second-order valence-corrected chi connectivity index (χ2v) is 6.06. The van der Waals surface area contributed by atoms with Gasteiger partial charge in [0, 0.05) is 16.1 Å². The fourth-order valence-corrected chi connectivity index (χ4v) is 2.53. The van der Waals surface area contributed by atoms with E-state index >= 15 is 0 Å². The van der Waals surface area contributed by atoms with E-state index in [2.05, 4.69) is 31.3 Å². The third-order valence-electron chi connectivity index (χ3n) is 3.55. The van der Waals surface area contributed by atoms with Crippen molar-refractivity contribution >= 4 is 21.7 Å². The molecule has 0 amide bonds. The molecular weight excluding hydrogens is 388 g/mol. The molecule has 1 aromatic heterocycles. The molecule has 0 bridgehead atoms. The molecule has 3 aromatic rings. The minimum Gasteiger partial charge on any atom is -0.497 e. The molecule has 0 aliphatic carbocycles. The number of carbonyl (C=O) groups is 1. The minimum absolute atomic E-state index is 0.0355. The third kappa shape index (κ3) is 3.85. The quantitative estimate of drug-likeness (QED) is 0.589. The van der Waals surface area contributed by atoms with Crippen molar-refractivity contribution in [3.8, 4) is 22.9 Å².